The van der Waals surface area contributed by atoms with Gasteiger partial charge in [-0.3, -0.25) is 0 Å². The molecule has 21 heavy (non-hydrogen) atoms. The average Bonchev–Trinajstić information content (AvgIpc) is 3.06. The molecule has 0 bridgehead atoms. The van der Waals surface area contributed by atoms with Crippen LogP contribution in [0.2, 0.25) is 0 Å². The van der Waals surface area contributed by atoms with Crippen LogP contribution in [0.25, 0.3) is 0 Å². The number of aromatic nitrogens is 4. The van der Waals surface area contributed by atoms with Gasteiger partial charge in [0.15, 0.2) is 5.03 Å². The summed E-state index contributed by atoms with van der Waals surface area (Å²) in [5, 5.41) is 0.0893. The van der Waals surface area contributed by atoms with Crippen molar-refractivity contribution in [3.63, 3.8) is 0 Å². The van der Waals surface area contributed by atoms with Crippen LogP contribution in [0.1, 0.15) is 31.4 Å². The van der Waals surface area contributed by atoms with Crippen LogP contribution in [0.4, 0.5) is 0 Å². The van der Waals surface area contributed by atoms with Gasteiger partial charge in [-0.1, -0.05) is 6.92 Å². The summed E-state index contributed by atoms with van der Waals surface area (Å²) in [4.78, 5) is 11.2. The summed E-state index contributed by atoms with van der Waals surface area (Å²) in [6.45, 7) is 4.99. The summed E-state index contributed by atoms with van der Waals surface area (Å²) in [6, 6.07) is 0. The lowest BCUT2D eigenvalue weighted by molar-refractivity contribution is 0.574. The van der Waals surface area contributed by atoms with E-state index in [0.29, 0.717) is 25.2 Å². The lowest BCUT2D eigenvalue weighted by atomic mass is 10.3. The van der Waals surface area contributed by atoms with Crippen molar-refractivity contribution in [3.05, 3.63) is 30.2 Å². The Bertz CT molecular complexity index is 661. The van der Waals surface area contributed by atoms with Crippen molar-refractivity contribution in [1.29, 1.82) is 0 Å². The predicted molar refractivity (Wildman–Crippen MR) is 79.4 cm³/mol. The minimum Gasteiger partial charge on any atom is -0.349 e. The Morgan fingerprint density at radius 2 is 2.24 bits per heavy atom. The van der Waals surface area contributed by atoms with Crippen LogP contribution in [0.15, 0.2) is 23.6 Å². The minimum absolute atomic E-state index is 0.0893. The number of imidazole rings is 2. The summed E-state index contributed by atoms with van der Waals surface area (Å²) in [5.74, 6) is 1.57. The van der Waals surface area contributed by atoms with E-state index in [4.69, 9.17) is 0 Å². The first kappa shape index (κ1) is 15.7. The molecule has 2 aromatic rings. The van der Waals surface area contributed by atoms with Crippen LogP contribution in [0.5, 0.6) is 0 Å². The van der Waals surface area contributed by atoms with Crippen molar-refractivity contribution in [2.75, 3.05) is 6.54 Å². The van der Waals surface area contributed by atoms with E-state index in [1.807, 2.05) is 18.4 Å². The molecule has 0 saturated heterocycles. The molecule has 0 radical (unpaired) electrons. The van der Waals surface area contributed by atoms with Gasteiger partial charge in [0, 0.05) is 38.1 Å². The third kappa shape index (κ3) is 4.15. The second-order valence-electron chi connectivity index (χ2n) is 4.86. The van der Waals surface area contributed by atoms with Crippen molar-refractivity contribution in [1.82, 2.24) is 24.2 Å². The van der Waals surface area contributed by atoms with Gasteiger partial charge in [0.05, 0.1) is 0 Å². The molecule has 8 heteroatoms. The van der Waals surface area contributed by atoms with E-state index in [9.17, 15) is 8.42 Å². The summed E-state index contributed by atoms with van der Waals surface area (Å²) < 4.78 is 28.7. The van der Waals surface area contributed by atoms with E-state index in [2.05, 4.69) is 19.7 Å². The zero-order valence-electron chi connectivity index (χ0n) is 12.3. The quantitative estimate of drug-likeness (QED) is 0.717. The zero-order valence-corrected chi connectivity index (χ0v) is 13.2. The van der Waals surface area contributed by atoms with Gasteiger partial charge >= 0.3 is 0 Å². The molecule has 2 rings (SSSR count). The molecular formula is C13H21N5O2S. The number of nitrogens with zero attached hydrogens (tertiary/aromatic N) is 3. The van der Waals surface area contributed by atoms with Crippen LogP contribution >= 0.6 is 0 Å². The van der Waals surface area contributed by atoms with Crippen molar-refractivity contribution in [3.8, 4) is 0 Å². The molecule has 0 unspecified atom stereocenters. The summed E-state index contributed by atoms with van der Waals surface area (Å²) in [5.41, 5.74) is 0. The highest BCUT2D eigenvalue weighted by molar-refractivity contribution is 7.89. The van der Waals surface area contributed by atoms with Gasteiger partial charge in [0.25, 0.3) is 10.0 Å². The molecule has 2 aromatic heterocycles. The lowest BCUT2D eigenvalue weighted by Crippen LogP contribution is -2.25. The minimum atomic E-state index is -3.53. The number of rotatable bonds is 8. The number of aromatic amines is 1. The third-order valence-corrected chi connectivity index (χ3v) is 4.46. The molecule has 2 heterocycles. The first-order valence-corrected chi connectivity index (χ1v) is 8.53. The van der Waals surface area contributed by atoms with E-state index in [1.54, 1.807) is 18.6 Å². The Morgan fingerprint density at radius 1 is 1.43 bits per heavy atom. The van der Waals surface area contributed by atoms with E-state index in [0.717, 1.165) is 18.8 Å². The van der Waals surface area contributed by atoms with Crippen LogP contribution in [-0.2, 0) is 23.0 Å². The Hall–Kier alpha value is -1.67. The van der Waals surface area contributed by atoms with Crippen molar-refractivity contribution >= 4 is 10.0 Å². The Kier molecular flexibility index (Phi) is 5.13. The summed E-state index contributed by atoms with van der Waals surface area (Å²) >= 11 is 0. The van der Waals surface area contributed by atoms with Gasteiger partial charge in [-0.2, -0.15) is 0 Å². The molecule has 0 spiro atoms. The number of H-pyrrole nitrogens is 1. The van der Waals surface area contributed by atoms with Gasteiger partial charge in [0.1, 0.15) is 11.6 Å². The van der Waals surface area contributed by atoms with Crippen LogP contribution in [0, 0.1) is 6.92 Å². The predicted octanol–water partition coefficient (Wildman–Crippen LogP) is 1.24. The maximum atomic E-state index is 12.2. The molecule has 0 aliphatic heterocycles. The van der Waals surface area contributed by atoms with E-state index in [1.165, 1.54) is 0 Å². The Balaban J connectivity index is 1.90. The first-order chi connectivity index (χ1) is 10.0. The highest BCUT2D eigenvalue weighted by Gasteiger charge is 2.18. The van der Waals surface area contributed by atoms with Crippen molar-refractivity contribution in [2.24, 2.45) is 0 Å². The molecule has 116 valence electrons. The lowest BCUT2D eigenvalue weighted by Gasteiger charge is -2.03. The van der Waals surface area contributed by atoms with Gasteiger partial charge in [-0.25, -0.2) is 23.1 Å². The highest BCUT2D eigenvalue weighted by atomic mass is 32.2. The molecule has 0 aromatic carbocycles. The molecule has 0 atom stereocenters. The van der Waals surface area contributed by atoms with Gasteiger partial charge in [-0.05, 0) is 19.8 Å². The SMILES string of the molecule is CCCn1cc(S(=O)(=O)NCCCc2ncc[nH]2)nc1C. The molecule has 0 fully saturated rings. The van der Waals surface area contributed by atoms with E-state index < -0.39 is 10.0 Å². The van der Waals surface area contributed by atoms with E-state index >= 15 is 0 Å². The van der Waals surface area contributed by atoms with Crippen molar-refractivity contribution in [2.45, 2.75) is 44.7 Å². The number of sulfonamides is 1. The largest absolute Gasteiger partial charge is 0.349 e. The number of aryl methyl sites for hydroxylation is 3. The van der Waals surface area contributed by atoms with Crippen LogP contribution in [0.3, 0.4) is 0 Å². The van der Waals surface area contributed by atoms with Crippen molar-refractivity contribution < 1.29 is 8.42 Å². The van der Waals surface area contributed by atoms with E-state index in [-0.39, 0.29) is 5.03 Å². The Labute approximate surface area is 124 Å². The highest BCUT2D eigenvalue weighted by Crippen LogP contribution is 2.09. The number of hydrogen-bond acceptors (Lipinski definition) is 4. The number of nitrogens with one attached hydrogen (secondary N) is 2. The molecule has 0 aliphatic rings. The summed E-state index contributed by atoms with van der Waals surface area (Å²) in [6.07, 6.45) is 7.35. The molecule has 0 aliphatic carbocycles. The fourth-order valence-corrected chi connectivity index (χ4v) is 3.13. The van der Waals surface area contributed by atoms with Gasteiger partial charge in [-0.15, -0.1) is 0 Å². The number of hydrogen-bond donors (Lipinski definition) is 2. The third-order valence-electron chi connectivity index (χ3n) is 3.13. The second-order valence-corrected chi connectivity index (χ2v) is 6.57. The molecule has 0 amide bonds. The molecule has 2 N–H and O–H groups in total. The molecular weight excluding hydrogens is 290 g/mol. The monoisotopic (exact) mass is 311 g/mol. The maximum absolute atomic E-state index is 12.2. The zero-order chi connectivity index (χ0) is 15.3. The average molecular weight is 311 g/mol. The summed E-state index contributed by atoms with van der Waals surface area (Å²) in [7, 11) is -3.53. The fourth-order valence-electron chi connectivity index (χ4n) is 2.05. The fraction of sp³-hybridized carbons (Fsp3) is 0.538. The maximum Gasteiger partial charge on any atom is 0.259 e. The standard InChI is InChI=1S/C13H21N5O2S/c1-3-9-18-10-13(17-11(18)2)21(19,20)16-6-4-5-12-14-7-8-15-12/h7-8,10,16H,3-6,9H2,1-2H3,(H,14,15). The Morgan fingerprint density at radius 3 is 2.90 bits per heavy atom. The van der Waals surface area contributed by atoms with Crippen LogP contribution in [-0.4, -0.2) is 34.5 Å². The smallest absolute Gasteiger partial charge is 0.259 e. The molecule has 0 saturated carbocycles. The van der Waals surface area contributed by atoms with Gasteiger partial charge < -0.3 is 9.55 Å². The van der Waals surface area contributed by atoms with Gasteiger partial charge in [0.2, 0.25) is 0 Å². The van der Waals surface area contributed by atoms with Crippen LogP contribution < -0.4 is 4.72 Å². The normalized spacial score (nSPS) is 11.9. The molecule has 7 nitrogen and oxygen atoms in total. The topological polar surface area (TPSA) is 92.7 Å². The first-order valence-electron chi connectivity index (χ1n) is 7.04. The second kappa shape index (κ2) is 6.86.